The van der Waals surface area contributed by atoms with E-state index in [0.29, 0.717) is 12.1 Å². The molecule has 0 unspecified atom stereocenters. The Hall–Kier alpha value is -1.40. The minimum atomic E-state index is -0.522. The second-order valence-electron chi connectivity index (χ2n) is 4.19. The summed E-state index contributed by atoms with van der Waals surface area (Å²) in [5.41, 5.74) is 7.45. The van der Waals surface area contributed by atoms with E-state index in [2.05, 4.69) is 21.2 Å². The molecule has 104 valence electrons. The van der Waals surface area contributed by atoms with E-state index in [1.54, 1.807) is 0 Å². The summed E-state index contributed by atoms with van der Waals surface area (Å²) in [5, 5.41) is 2.73. The van der Waals surface area contributed by atoms with Crippen LogP contribution in [0.4, 0.5) is 0 Å². The van der Waals surface area contributed by atoms with E-state index in [4.69, 9.17) is 10.5 Å². The zero-order valence-corrected chi connectivity index (χ0v) is 12.5. The average molecular weight is 329 g/mol. The number of halogens is 1. The second-order valence-corrected chi connectivity index (χ2v) is 5.05. The second kappa shape index (κ2) is 7.25. The summed E-state index contributed by atoms with van der Waals surface area (Å²) < 4.78 is 5.94. The molecule has 3 N–H and O–H groups in total. The van der Waals surface area contributed by atoms with Crippen LogP contribution >= 0.6 is 15.9 Å². The van der Waals surface area contributed by atoms with Crippen molar-refractivity contribution in [3.63, 3.8) is 0 Å². The standard InChI is InChI=1S/C13H17BrN2O3/c1-8-6-11(14)9(2)5-10(8)13(18)16-3-4-19-7-12(15)17/h5-6H,3-4,7H2,1-2H3,(H2,15,17)(H,16,18). The Bertz CT molecular complexity index is 489. The first-order valence-electron chi connectivity index (χ1n) is 5.83. The maximum Gasteiger partial charge on any atom is 0.251 e. The molecular weight excluding hydrogens is 312 g/mol. The Morgan fingerprint density at radius 3 is 2.63 bits per heavy atom. The van der Waals surface area contributed by atoms with Crippen molar-refractivity contribution in [3.8, 4) is 0 Å². The largest absolute Gasteiger partial charge is 0.370 e. The highest BCUT2D eigenvalue weighted by Crippen LogP contribution is 2.20. The summed E-state index contributed by atoms with van der Waals surface area (Å²) in [4.78, 5) is 22.4. The number of hydrogen-bond acceptors (Lipinski definition) is 3. The lowest BCUT2D eigenvalue weighted by atomic mass is 10.1. The predicted octanol–water partition coefficient (Wildman–Crippen LogP) is 1.30. The molecular formula is C13H17BrN2O3. The maximum atomic E-state index is 12.0. The summed E-state index contributed by atoms with van der Waals surface area (Å²) in [6.07, 6.45) is 0. The van der Waals surface area contributed by atoms with Gasteiger partial charge >= 0.3 is 0 Å². The van der Waals surface area contributed by atoms with Gasteiger partial charge in [0.2, 0.25) is 5.91 Å². The van der Waals surface area contributed by atoms with Crippen molar-refractivity contribution in [1.29, 1.82) is 0 Å². The fourth-order valence-electron chi connectivity index (χ4n) is 1.53. The summed E-state index contributed by atoms with van der Waals surface area (Å²) >= 11 is 3.42. The number of rotatable bonds is 6. The summed E-state index contributed by atoms with van der Waals surface area (Å²) in [6.45, 7) is 4.26. The van der Waals surface area contributed by atoms with Crippen LogP contribution in [0.5, 0.6) is 0 Å². The Balaban J connectivity index is 2.50. The molecule has 5 nitrogen and oxygen atoms in total. The fourth-order valence-corrected chi connectivity index (χ4v) is 1.99. The molecule has 0 aliphatic carbocycles. The van der Waals surface area contributed by atoms with Gasteiger partial charge in [-0.2, -0.15) is 0 Å². The van der Waals surface area contributed by atoms with Gasteiger partial charge in [-0.25, -0.2) is 0 Å². The number of benzene rings is 1. The minimum absolute atomic E-state index is 0.133. The van der Waals surface area contributed by atoms with Crippen LogP contribution in [0.3, 0.4) is 0 Å². The van der Waals surface area contributed by atoms with Gasteiger partial charge in [0.25, 0.3) is 5.91 Å². The number of amides is 2. The molecule has 0 saturated carbocycles. The van der Waals surface area contributed by atoms with Crippen LogP contribution in [-0.4, -0.2) is 31.6 Å². The van der Waals surface area contributed by atoms with Gasteiger partial charge in [0, 0.05) is 16.6 Å². The number of nitrogens with two attached hydrogens (primary N) is 1. The van der Waals surface area contributed by atoms with E-state index in [9.17, 15) is 9.59 Å². The molecule has 0 radical (unpaired) electrons. The molecule has 0 fully saturated rings. The van der Waals surface area contributed by atoms with Gasteiger partial charge in [-0.05, 0) is 37.1 Å². The van der Waals surface area contributed by atoms with Crippen molar-refractivity contribution in [2.75, 3.05) is 19.8 Å². The number of primary amides is 1. The molecule has 1 aromatic carbocycles. The third-order valence-corrected chi connectivity index (χ3v) is 3.38. The zero-order valence-electron chi connectivity index (χ0n) is 11.0. The summed E-state index contributed by atoms with van der Waals surface area (Å²) in [5.74, 6) is -0.679. The first-order chi connectivity index (χ1) is 8.91. The van der Waals surface area contributed by atoms with E-state index in [-0.39, 0.29) is 19.1 Å². The number of carbonyl (C=O) groups excluding carboxylic acids is 2. The molecule has 1 rings (SSSR count). The molecule has 19 heavy (non-hydrogen) atoms. The molecule has 0 bridgehead atoms. The Kier molecular flexibility index (Phi) is 5.98. The number of aryl methyl sites for hydroxylation is 2. The van der Waals surface area contributed by atoms with E-state index >= 15 is 0 Å². The number of nitrogens with one attached hydrogen (secondary N) is 1. The van der Waals surface area contributed by atoms with Crippen LogP contribution in [0.2, 0.25) is 0 Å². The van der Waals surface area contributed by atoms with Crippen LogP contribution in [0.15, 0.2) is 16.6 Å². The van der Waals surface area contributed by atoms with Gasteiger partial charge in [0.15, 0.2) is 0 Å². The third-order valence-electron chi connectivity index (χ3n) is 2.53. The third kappa shape index (κ3) is 5.00. The highest BCUT2D eigenvalue weighted by Gasteiger charge is 2.10. The molecule has 0 spiro atoms. The molecule has 6 heteroatoms. The molecule has 0 aliphatic heterocycles. The average Bonchev–Trinajstić information content (AvgIpc) is 2.32. The number of carbonyl (C=O) groups is 2. The first kappa shape index (κ1) is 15.7. The Labute approximate surface area is 120 Å². The van der Waals surface area contributed by atoms with Gasteiger partial charge in [0.05, 0.1) is 6.61 Å². The monoisotopic (exact) mass is 328 g/mol. The lowest BCUT2D eigenvalue weighted by molar-refractivity contribution is -0.122. The predicted molar refractivity (Wildman–Crippen MR) is 76.0 cm³/mol. The Morgan fingerprint density at radius 1 is 1.32 bits per heavy atom. The highest BCUT2D eigenvalue weighted by atomic mass is 79.9. The quantitative estimate of drug-likeness (QED) is 0.772. The lowest BCUT2D eigenvalue weighted by Gasteiger charge is -2.10. The van der Waals surface area contributed by atoms with Crippen LogP contribution < -0.4 is 11.1 Å². The normalized spacial score (nSPS) is 10.3. The first-order valence-corrected chi connectivity index (χ1v) is 6.62. The van der Waals surface area contributed by atoms with Gasteiger partial charge < -0.3 is 15.8 Å². The molecule has 1 aromatic rings. The van der Waals surface area contributed by atoms with Crippen molar-refractivity contribution in [1.82, 2.24) is 5.32 Å². The number of ether oxygens (including phenoxy) is 1. The van der Waals surface area contributed by atoms with E-state index in [0.717, 1.165) is 15.6 Å². The molecule has 0 saturated heterocycles. The highest BCUT2D eigenvalue weighted by molar-refractivity contribution is 9.10. The van der Waals surface area contributed by atoms with Crippen LogP contribution in [0.1, 0.15) is 21.5 Å². The van der Waals surface area contributed by atoms with E-state index in [1.165, 1.54) is 0 Å². The van der Waals surface area contributed by atoms with Crippen LogP contribution in [0, 0.1) is 13.8 Å². The van der Waals surface area contributed by atoms with Gasteiger partial charge in [-0.1, -0.05) is 15.9 Å². The number of hydrogen-bond donors (Lipinski definition) is 2. The summed E-state index contributed by atoms with van der Waals surface area (Å²) in [7, 11) is 0. The van der Waals surface area contributed by atoms with Gasteiger partial charge in [0.1, 0.15) is 6.61 Å². The van der Waals surface area contributed by atoms with E-state index < -0.39 is 5.91 Å². The van der Waals surface area contributed by atoms with Gasteiger partial charge in [-0.15, -0.1) is 0 Å². The molecule has 0 heterocycles. The molecule has 0 aliphatic rings. The van der Waals surface area contributed by atoms with Crippen molar-refractivity contribution in [3.05, 3.63) is 33.3 Å². The van der Waals surface area contributed by atoms with Crippen molar-refractivity contribution < 1.29 is 14.3 Å². The maximum absolute atomic E-state index is 12.0. The van der Waals surface area contributed by atoms with Crippen molar-refractivity contribution >= 4 is 27.7 Å². The molecule has 0 aromatic heterocycles. The fraction of sp³-hybridized carbons (Fsp3) is 0.385. The smallest absolute Gasteiger partial charge is 0.251 e. The summed E-state index contributed by atoms with van der Waals surface area (Å²) in [6, 6.07) is 3.74. The minimum Gasteiger partial charge on any atom is -0.370 e. The van der Waals surface area contributed by atoms with Crippen LogP contribution in [-0.2, 0) is 9.53 Å². The van der Waals surface area contributed by atoms with Crippen LogP contribution in [0.25, 0.3) is 0 Å². The molecule has 2 amide bonds. The SMILES string of the molecule is Cc1cc(C(=O)NCCOCC(N)=O)c(C)cc1Br. The molecule has 0 atom stereocenters. The van der Waals surface area contributed by atoms with E-state index in [1.807, 2.05) is 26.0 Å². The Morgan fingerprint density at radius 2 is 2.00 bits per heavy atom. The van der Waals surface area contributed by atoms with Crippen molar-refractivity contribution in [2.24, 2.45) is 5.73 Å². The van der Waals surface area contributed by atoms with Crippen molar-refractivity contribution in [2.45, 2.75) is 13.8 Å². The van der Waals surface area contributed by atoms with Gasteiger partial charge in [-0.3, -0.25) is 9.59 Å². The zero-order chi connectivity index (χ0) is 14.4. The lowest BCUT2D eigenvalue weighted by Crippen LogP contribution is -2.29. The topological polar surface area (TPSA) is 81.4 Å².